The van der Waals surface area contributed by atoms with Gasteiger partial charge in [0.1, 0.15) is 0 Å². The Morgan fingerprint density at radius 2 is 1.96 bits per heavy atom. The van der Waals surface area contributed by atoms with Crippen molar-refractivity contribution in [3.63, 3.8) is 0 Å². The van der Waals surface area contributed by atoms with Crippen LogP contribution in [0.25, 0.3) is 0 Å². The average molecular weight is 364 g/mol. The van der Waals surface area contributed by atoms with E-state index in [-0.39, 0.29) is 5.41 Å². The summed E-state index contributed by atoms with van der Waals surface area (Å²) in [5.41, 5.74) is 1.53. The van der Waals surface area contributed by atoms with Crippen molar-refractivity contribution in [2.45, 2.75) is 72.3 Å². The van der Waals surface area contributed by atoms with Crippen LogP contribution in [0.4, 0.5) is 0 Å². The molecule has 0 radical (unpaired) electrons. The quantitative estimate of drug-likeness (QED) is 0.790. The summed E-state index contributed by atoms with van der Waals surface area (Å²) in [5, 5.41) is 8.33. The first-order chi connectivity index (χ1) is 11.7. The Bertz CT molecular complexity index is 660. The van der Waals surface area contributed by atoms with E-state index in [9.17, 15) is 4.79 Å². The van der Waals surface area contributed by atoms with Crippen LogP contribution in [0, 0.1) is 29.1 Å². The van der Waals surface area contributed by atoms with Crippen molar-refractivity contribution in [2.75, 3.05) is 6.54 Å². The van der Waals surface area contributed by atoms with E-state index in [1.54, 1.807) is 0 Å². The van der Waals surface area contributed by atoms with Crippen molar-refractivity contribution in [3.05, 3.63) is 16.9 Å². The molecule has 5 rings (SSSR count). The van der Waals surface area contributed by atoms with E-state index in [1.807, 2.05) is 17.8 Å². The molecule has 4 aliphatic carbocycles. The Kier molecular flexibility index (Phi) is 3.99. The monoisotopic (exact) mass is 363 g/mol. The Morgan fingerprint density at radius 3 is 2.52 bits per heavy atom. The molecule has 1 aromatic heterocycles. The van der Waals surface area contributed by atoms with Crippen molar-refractivity contribution >= 4 is 17.5 Å². The number of hydrogen-bond acceptors (Lipinski definition) is 2. The number of nitrogens with zero attached hydrogens (tertiary/aromatic N) is 2. The van der Waals surface area contributed by atoms with Gasteiger partial charge in [0.05, 0.1) is 16.1 Å². The zero-order valence-corrected chi connectivity index (χ0v) is 16.5. The van der Waals surface area contributed by atoms with Crippen LogP contribution in [-0.2, 0) is 11.3 Å². The third-order valence-corrected chi connectivity index (χ3v) is 7.21. The molecule has 4 nitrogen and oxygen atoms in total. The van der Waals surface area contributed by atoms with Gasteiger partial charge in [-0.2, -0.15) is 5.10 Å². The molecule has 0 unspecified atom stereocenters. The number of aryl methyl sites for hydroxylation is 2. The minimum atomic E-state index is -0.103. The second-order valence-corrected chi connectivity index (χ2v) is 10.3. The molecule has 1 N–H and O–H groups in total. The van der Waals surface area contributed by atoms with Crippen LogP contribution in [0.15, 0.2) is 6.20 Å². The number of rotatable bonds is 5. The molecular formula is C20H30ClN3O. The number of hydrogen-bond donors (Lipinski definition) is 1. The van der Waals surface area contributed by atoms with Crippen LogP contribution in [-0.4, -0.2) is 22.2 Å². The molecule has 4 aliphatic rings. The molecule has 0 aliphatic heterocycles. The van der Waals surface area contributed by atoms with E-state index in [4.69, 9.17) is 11.6 Å². The molecule has 4 bridgehead atoms. The van der Waals surface area contributed by atoms with Crippen molar-refractivity contribution < 1.29 is 4.79 Å². The minimum absolute atomic E-state index is 0.103. The summed E-state index contributed by atoms with van der Waals surface area (Å²) < 4.78 is 1.87. The second kappa shape index (κ2) is 5.73. The van der Waals surface area contributed by atoms with Crippen molar-refractivity contribution in [1.29, 1.82) is 0 Å². The average Bonchev–Trinajstić information content (AvgIpc) is 2.78. The van der Waals surface area contributed by atoms with Gasteiger partial charge in [-0.15, -0.1) is 0 Å². The van der Waals surface area contributed by atoms with Crippen molar-refractivity contribution in [2.24, 2.45) is 22.2 Å². The van der Waals surface area contributed by atoms with Gasteiger partial charge in [-0.3, -0.25) is 9.48 Å². The molecule has 4 fully saturated rings. The molecule has 0 saturated heterocycles. The fourth-order valence-corrected chi connectivity index (χ4v) is 7.09. The maximum atomic E-state index is 13.1. The predicted molar refractivity (Wildman–Crippen MR) is 99.4 cm³/mol. The van der Waals surface area contributed by atoms with Crippen molar-refractivity contribution in [1.82, 2.24) is 15.1 Å². The molecule has 138 valence electrons. The molecule has 25 heavy (non-hydrogen) atoms. The summed E-state index contributed by atoms with van der Waals surface area (Å²) in [7, 11) is 0. The summed E-state index contributed by atoms with van der Waals surface area (Å²) in [4.78, 5) is 13.1. The Morgan fingerprint density at radius 1 is 1.28 bits per heavy atom. The van der Waals surface area contributed by atoms with Gasteiger partial charge in [-0.1, -0.05) is 25.4 Å². The number of carbonyl (C=O) groups excluding carboxylic acids is 1. The summed E-state index contributed by atoms with van der Waals surface area (Å²) in [6, 6.07) is 0. The van der Waals surface area contributed by atoms with E-state index in [1.165, 1.54) is 19.3 Å². The molecular weight excluding hydrogens is 334 g/mol. The van der Waals surface area contributed by atoms with Crippen LogP contribution in [0.3, 0.4) is 0 Å². The molecule has 5 heteroatoms. The van der Waals surface area contributed by atoms with Gasteiger partial charge in [0, 0.05) is 19.3 Å². The molecule has 2 atom stereocenters. The SMILES string of the molecule is Cc1nn(CCCNC(=O)C23CC4C[C@](C)(C2)C[C@](C)(C4)C3)cc1Cl. The Balaban J connectivity index is 1.35. The second-order valence-electron chi connectivity index (χ2n) is 9.85. The molecule has 0 aromatic carbocycles. The molecule has 4 saturated carbocycles. The fourth-order valence-electron chi connectivity index (χ4n) is 6.94. The Labute approximate surface area is 155 Å². The largest absolute Gasteiger partial charge is 0.356 e. The van der Waals surface area contributed by atoms with Crippen molar-refractivity contribution in [3.8, 4) is 0 Å². The van der Waals surface area contributed by atoms with Crippen LogP contribution in [0.2, 0.25) is 5.02 Å². The number of aromatic nitrogens is 2. The minimum Gasteiger partial charge on any atom is -0.356 e. The topological polar surface area (TPSA) is 46.9 Å². The van der Waals surface area contributed by atoms with Gasteiger partial charge in [0.2, 0.25) is 5.91 Å². The molecule has 1 aromatic rings. The highest BCUT2D eigenvalue weighted by atomic mass is 35.5. The normalized spacial score (nSPS) is 39.0. The third kappa shape index (κ3) is 3.11. The summed E-state index contributed by atoms with van der Waals surface area (Å²) in [5.74, 6) is 1.06. The van der Waals surface area contributed by atoms with E-state index in [0.717, 1.165) is 50.4 Å². The van der Waals surface area contributed by atoms with Gasteiger partial charge in [0.15, 0.2) is 0 Å². The molecule has 0 spiro atoms. The first-order valence-electron chi connectivity index (χ1n) is 9.69. The summed E-state index contributed by atoms with van der Waals surface area (Å²) in [6.45, 7) is 8.26. The van der Waals surface area contributed by atoms with Gasteiger partial charge in [0.25, 0.3) is 0 Å². The van der Waals surface area contributed by atoms with E-state index in [0.29, 0.717) is 21.8 Å². The van der Waals surface area contributed by atoms with Gasteiger partial charge in [-0.25, -0.2) is 0 Å². The van der Waals surface area contributed by atoms with Gasteiger partial charge in [-0.05, 0) is 68.6 Å². The zero-order chi connectivity index (χ0) is 17.9. The highest BCUT2D eigenvalue weighted by Crippen LogP contribution is 2.69. The third-order valence-electron chi connectivity index (χ3n) is 6.84. The van der Waals surface area contributed by atoms with Gasteiger partial charge >= 0.3 is 0 Å². The molecule has 1 amide bonds. The van der Waals surface area contributed by atoms with Crippen LogP contribution < -0.4 is 5.32 Å². The molecule has 1 heterocycles. The van der Waals surface area contributed by atoms with E-state index < -0.39 is 0 Å². The smallest absolute Gasteiger partial charge is 0.226 e. The Hall–Kier alpha value is -1.03. The first-order valence-corrected chi connectivity index (χ1v) is 10.1. The lowest BCUT2D eigenvalue weighted by Gasteiger charge is -2.64. The van der Waals surface area contributed by atoms with E-state index in [2.05, 4.69) is 24.3 Å². The number of nitrogens with one attached hydrogen (secondary N) is 1. The van der Waals surface area contributed by atoms with E-state index >= 15 is 0 Å². The highest BCUT2D eigenvalue weighted by molar-refractivity contribution is 6.31. The number of amides is 1. The lowest BCUT2D eigenvalue weighted by Crippen LogP contribution is -2.59. The lowest BCUT2D eigenvalue weighted by molar-refractivity contribution is -0.170. The number of carbonyl (C=O) groups is 1. The van der Waals surface area contributed by atoms with Crippen LogP contribution in [0.5, 0.6) is 0 Å². The lowest BCUT2D eigenvalue weighted by atomic mass is 9.40. The maximum Gasteiger partial charge on any atom is 0.226 e. The number of halogens is 1. The highest BCUT2D eigenvalue weighted by Gasteiger charge is 2.62. The summed E-state index contributed by atoms with van der Waals surface area (Å²) >= 11 is 6.04. The first kappa shape index (κ1) is 17.4. The van der Waals surface area contributed by atoms with Gasteiger partial charge < -0.3 is 5.32 Å². The predicted octanol–water partition coefficient (Wildman–Crippen LogP) is 4.35. The summed E-state index contributed by atoms with van der Waals surface area (Å²) in [6.07, 6.45) is 10.0. The standard InChI is InChI=1S/C20H30ClN3O/c1-14-16(21)10-24(23-14)6-4-5-22-17(25)20-9-15-7-18(2,12-20)11-19(3,8-15)13-20/h10,15H,4-9,11-13H2,1-3H3,(H,22,25)/t15?,18-,19-,20?/m0/s1. The van der Waals surface area contributed by atoms with Crippen LogP contribution >= 0.6 is 11.6 Å². The van der Waals surface area contributed by atoms with Crippen LogP contribution in [0.1, 0.15) is 64.5 Å². The maximum absolute atomic E-state index is 13.1. The fraction of sp³-hybridized carbons (Fsp3) is 0.800. The zero-order valence-electron chi connectivity index (χ0n) is 15.7.